The predicted octanol–water partition coefficient (Wildman–Crippen LogP) is 1.73. The van der Waals surface area contributed by atoms with Gasteiger partial charge in [-0.3, -0.25) is 4.79 Å². The van der Waals surface area contributed by atoms with Crippen molar-refractivity contribution in [1.29, 1.82) is 0 Å². The smallest absolute Gasteiger partial charge is 0.254 e. The number of likely N-dealkylation sites (tertiary alicyclic amines) is 1. The standard InChI is InChI=1S/C18H27N3O4S.ClH/c1-19-13-15-6-5-11-21(15)18(22)14-7-8-16(25-2)17(12-14)26(23,24)20-9-3-4-10-20;/h7-8,12,15,19H,3-6,9-11,13H2,1-2H3;1H. The number of hydrogen-bond donors (Lipinski definition) is 1. The number of hydrogen-bond acceptors (Lipinski definition) is 5. The van der Waals surface area contributed by atoms with E-state index in [0.717, 1.165) is 32.2 Å². The van der Waals surface area contributed by atoms with Crippen molar-refractivity contribution in [2.45, 2.75) is 36.6 Å². The molecule has 2 fully saturated rings. The molecule has 2 heterocycles. The molecule has 0 saturated carbocycles. The number of benzene rings is 1. The maximum Gasteiger partial charge on any atom is 0.254 e. The van der Waals surface area contributed by atoms with Crippen LogP contribution in [0.3, 0.4) is 0 Å². The molecule has 7 nitrogen and oxygen atoms in total. The van der Waals surface area contributed by atoms with Crippen LogP contribution in [-0.4, -0.2) is 69.9 Å². The third-order valence-corrected chi connectivity index (χ3v) is 7.09. The van der Waals surface area contributed by atoms with Crippen molar-refractivity contribution >= 4 is 28.3 Å². The summed E-state index contributed by atoms with van der Waals surface area (Å²) in [4.78, 5) is 14.9. The first-order valence-electron chi connectivity index (χ1n) is 9.13. The fourth-order valence-electron chi connectivity index (χ4n) is 3.80. The molecule has 1 amide bonds. The number of nitrogens with zero attached hydrogens (tertiary/aromatic N) is 2. The van der Waals surface area contributed by atoms with Crippen LogP contribution >= 0.6 is 12.4 Å². The third kappa shape index (κ3) is 4.39. The van der Waals surface area contributed by atoms with E-state index in [9.17, 15) is 13.2 Å². The molecule has 1 aromatic carbocycles. The van der Waals surface area contributed by atoms with E-state index in [1.807, 2.05) is 11.9 Å². The molecule has 9 heteroatoms. The Kier molecular flexibility index (Phi) is 7.50. The van der Waals surface area contributed by atoms with E-state index in [1.165, 1.54) is 17.5 Å². The Balaban J connectivity index is 0.00000261. The van der Waals surface area contributed by atoms with Crippen molar-refractivity contribution in [2.24, 2.45) is 0 Å². The molecule has 2 aliphatic heterocycles. The minimum Gasteiger partial charge on any atom is -0.495 e. The van der Waals surface area contributed by atoms with E-state index in [4.69, 9.17) is 4.74 Å². The minimum atomic E-state index is -3.66. The summed E-state index contributed by atoms with van der Waals surface area (Å²) in [6, 6.07) is 4.86. The highest BCUT2D eigenvalue weighted by atomic mass is 35.5. The Morgan fingerprint density at radius 3 is 2.56 bits per heavy atom. The fourth-order valence-corrected chi connectivity index (χ4v) is 5.49. The van der Waals surface area contributed by atoms with Gasteiger partial charge >= 0.3 is 0 Å². The van der Waals surface area contributed by atoms with E-state index in [2.05, 4.69) is 5.32 Å². The van der Waals surface area contributed by atoms with Gasteiger partial charge in [-0.05, 0) is 50.9 Å². The number of sulfonamides is 1. The lowest BCUT2D eigenvalue weighted by molar-refractivity contribution is 0.0736. The Morgan fingerprint density at radius 1 is 1.22 bits per heavy atom. The van der Waals surface area contributed by atoms with Crippen LogP contribution in [0.2, 0.25) is 0 Å². The van der Waals surface area contributed by atoms with E-state index in [0.29, 0.717) is 25.2 Å². The molecule has 2 aliphatic rings. The number of ether oxygens (including phenoxy) is 1. The SMILES string of the molecule is CNCC1CCCN1C(=O)c1ccc(OC)c(S(=O)(=O)N2CCCC2)c1.Cl. The molecule has 152 valence electrons. The topological polar surface area (TPSA) is 79.0 Å². The lowest BCUT2D eigenvalue weighted by atomic mass is 10.1. The second kappa shape index (κ2) is 9.23. The number of carbonyl (C=O) groups is 1. The molecule has 3 rings (SSSR count). The summed E-state index contributed by atoms with van der Waals surface area (Å²) >= 11 is 0. The van der Waals surface area contributed by atoms with E-state index < -0.39 is 10.0 Å². The number of nitrogens with one attached hydrogen (secondary N) is 1. The van der Waals surface area contributed by atoms with Crippen LogP contribution in [-0.2, 0) is 10.0 Å². The average molecular weight is 418 g/mol. The van der Waals surface area contributed by atoms with Crippen molar-refractivity contribution in [3.8, 4) is 5.75 Å². The number of methoxy groups -OCH3 is 1. The number of likely N-dealkylation sites (N-methyl/N-ethyl adjacent to an activating group) is 1. The quantitative estimate of drug-likeness (QED) is 0.762. The zero-order valence-electron chi connectivity index (χ0n) is 15.8. The normalized spacial score (nSPS) is 20.5. The van der Waals surface area contributed by atoms with Gasteiger partial charge in [0.25, 0.3) is 5.91 Å². The molecule has 27 heavy (non-hydrogen) atoms. The average Bonchev–Trinajstić information content (AvgIpc) is 3.33. The number of rotatable bonds is 6. The molecular weight excluding hydrogens is 390 g/mol. The second-order valence-electron chi connectivity index (χ2n) is 6.83. The zero-order valence-corrected chi connectivity index (χ0v) is 17.4. The molecule has 0 spiro atoms. The van der Waals surface area contributed by atoms with Crippen LogP contribution in [0.1, 0.15) is 36.0 Å². The summed E-state index contributed by atoms with van der Waals surface area (Å²) < 4.78 is 32.7. The molecular formula is C18H28ClN3O4S. The Labute approximate surface area is 167 Å². The predicted molar refractivity (Wildman–Crippen MR) is 106 cm³/mol. The van der Waals surface area contributed by atoms with Gasteiger partial charge < -0.3 is 15.0 Å². The highest BCUT2D eigenvalue weighted by Crippen LogP contribution is 2.31. The summed E-state index contributed by atoms with van der Waals surface area (Å²) in [5.41, 5.74) is 0.395. The maximum absolute atomic E-state index is 13.0. The molecule has 1 aromatic rings. The maximum atomic E-state index is 13.0. The van der Waals surface area contributed by atoms with Crippen LogP contribution in [0.4, 0.5) is 0 Å². The summed E-state index contributed by atoms with van der Waals surface area (Å²) in [7, 11) is -0.342. The number of amides is 1. The van der Waals surface area contributed by atoms with Crippen molar-refractivity contribution in [3.63, 3.8) is 0 Å². The van der Waals surface area contributed by atoms with Gasteiger partial charge in [-0.15, -0.1) is 12.4 Å². The first-order valence-corrected chi connectivity index (χ1v) is 10.6. The van der Waals surface area contributed by atoms with Gasteiger partial charge in [0, 0.05) is 37.8 Å². The highest BCUT2D eigenvalue weighted by molar-refractivity contribution is 7.89. The van der Waals surface area contributed by atoms with Gasteiger partial charge in [-0.1, -0.05) is 0 Å². The van der Waals surface area contributed by atoms with Gasteiger partial charge in [0.05, 0.1) is 7.11 Å². The summed E-state index contributed by atoms with van der Waals surface area (Å²) in [5.74, 6) is 0.157. The second-order valence-corrected chi connectivity index (χ2v) is 8.74. The Morgan fingerprint density at radius 2 is 1.93 bits per heavy atom. The van der Waals surface area contributed by atoms with Crippen LogP contribution in [0, 0.1) is 0 Å². The van der Waals surface area contributed by atoms with Crippen molar-refractivity contribution < 1.29 is 17.9 Å². The van der Waals surface area contributed by atoms with Crippen LogP contribution in [0.5, 0.6) is 5.75 Å². The van der Waals surface area contributed by atoms with Gasteiger partial charge in [0.2, 0.25) is 10.0 Å². The molecule has 2 saturated heterocycles. The largest absolute Gasteiger partial charge is 0.495 e. The minimum absolute atomic E-state index is 0. The molecule has 0 bridgehead atoms. The highest BCUT2D eigenvalue weighted by Gasteiger charge is 2.33. The van der Waals surface area contributed by atoms with Gasteiger partial charge in [0.15, 0.2) is 0 Å². The first kappa shape index (κ1) is 21.9. The Bertz CT molecular complexity index is 766. The van der Waals surface area contributed by atoms with Gasteiger partial charge in [0.1, 0.15) is 10.6 Å². The molecule has 1 atom stereocenters. The number of carbonyl (C=O) groups excluding carboxylic acids is 1. The van der Waals surface area contributed by atoms with E-state index in [1.54, 1.807) is 12.1 Å². The lowest BCUT2D eigenvalue weighted by Gasteiger charge is -2.25. The monoisotopic (exact) mass is 417 g/mol. The van der Waals surface area contributed by atoms with Crippen LogP contribution in [0.25, 0.3) is 0 Å². The zero-order chi connectivity index (χ0) is 18.7. The van der Waals surface area contributed by atoms with E-state index >= 15 is 0 Å². The van der Waals surface area contributed by atoms with Crippen molar-refractivity contribution in [2.75, 3.05) is 40.3 Å². The summed E-state index contributed by atoms with van der Waals surface area (Å²) in [6.45, 7) is 2.46. The molecule has 0 aliphatic carbocycles. The Hall–Kier alpha value is -1.35. The van der Waals surface area contributed by atoms with Gasteiger partial charge in [-0.2, -0.15) is 4.31 Å². The van der Waals surface area contributed by atoms with Crippen molar-refractivity contribution in [3.05, 3.63) is 23.8 Å². The van der Waals surface area contributed by atoms with Crippen LogP contribution < -0.4 is 10.1 Å². The third-order valence-electron chi connectivity index (χ3n) is 5.17. The molecule has 0 aromatic heterocycles. The molecule has 0 radical (unpaired) electrons. The number of halogens is 1. The van der Waals surface area contributed by atoms with Crippen molar-refractivity contribution in [1.82, 2.24) is 14.5 Å². The summed E-state index contributed by atoms with van der Waals surface area (Å²) in [5, 5.41) is 3.12. The van der Waals surface area contributed by atoms with Crippen LogP contribution in [0.15, 0.2) is 23.1 Å². The fraction of sp³-hybridized carbons (Fsp3) is 0.611. The molecule has 1 unspecified atom stereocenters. The van der Waals surface area contributed by atoms with E-state index in [-0.39, 0.29) is 35.0 Å². The lowest BCUT2D eigenvalue weighted by Crippen LogP contribution is -2.40. The summed E-state index contributed by atoms with van der Waals surface area (Å²) in [6.07, 6.45) is 3.65. The van der Waals surface area contributed by atoms with Gasteiger partial charge in [-0.25, -0.2) is 8.42 Å². The molecule has 1 N–H and O–H groups in total. The first-order chi connectivity index (χ1) is 12.5.